The Labute approximate surface area is 207 Å². The van der Waals surface area contributed by atoms with Crippen molar-refractivity contribution in [1.29, 1.82) is 5.26 Å². The lowest BCUT2D eigenvalue weighted by atomic mass is 9.89. The van der Waals surface area contributed by atoms with Crippen molar-refractivity contribution in [3.05, 3.63) is 78.2 Å². The number of hydrogen-bond acceptors (Lipinski definition) is 5. The van der Waals surface area contributed by atoms with Crippen LogP contribution in [0.2, 0.25) is 0 Å². The van der Waals surface area contributed by atoms with Crippen molar-refractivity contribution in [1.82, 2.24) is 10.3 Å². The third-order valence-electron chi connectivity index (χ3n) is 7.27. The molecule has 2 aromatic carbocycles. The van der Waals surface area contributed by atoms with Crippen LogP contribution >= 0.6 is 0 Å². The molecule has 1 aliphatic heterocycles. The zero-order valence-corrected chi connectivity index (χ0v) is 20.0. The third-order valence-corrected chi connectivity index (χ3v) is 7.27. The number of piperidine rings is 1. The molecule has 0 radical (unpaired) electrons. The van der Waals surface area contributed by atoms with E-state index in [9.17, 15) is 4.39 Å². The van der Waals surface area contributed by atoms with Gasteiger partial charge in [-0.15, -0.1) is 0 Å². The molecule has 2 heterocycles. The van der Waals surface area contributed by atoms with Crippen LogP contribution in [0.5, 0.6) is 0 Å². The van der Waals surface area contributed by atoms with Crippen LogP contribution in [0.3, 0.4) is 0 Å². The van der Waals surface area contributed by atoms with E-state index in [-0.39, 0.29) is 5.82 Å². The van der Waals surface area contributed by atoms with E-state index in [4.69, 9.17) is 5.26 Å². The van der Waals surface area contributed by atoms with E-state index in [2.05, 4.69) is 44.8 Å². The highest BCUT2D eigenvalue weighted by Gasteiger charge is 2.29. The summed E-state index contributed by atoms with van der Waals surface area (Å²) in [6.45, 7) is 2.03. The quantitative estimate of drug-likeness (QED) is 0.482. The molecule has 6 heteroatoms. The van der Waals surface area contributed by atoms with Crippen LogP contribution in [-0.2, 0) is 0 Å². The minimum atomic E-state index is -0.224. The molecule has 3 atom stereocenters. The summed E-state index contributed by atoms with van der Waals surface area (Å²) in [5, 5.41) is 16.8. The first-order valence-electron chi connectivity index (χ1n) is 12.7. The minimum Gasteiger partial charge on any atom is -0.370 e. The number of hydrogen-bond donors (Lipinski definition) is 2. The van der Waals surface area contributed by atoms with Crippen molar-refractivity contribution in [2.45, 2.75) is 56.7 Å². The number of nitrogens with one attached hydrogen (secondary N) is 2. The molecule has 0 spiro atoms. The van der Waals surface area contributed by atoms with Crippen LogP contribution in [0.1, 0.15) is 44.1 Å². The molecule has 2 N–H and O–H groups in total. The van der Waals surface area contributed by atoms with Crippen LogP contribution in [0.25, 0.3) is 11.1 Å². The largest absolute Gasteiger partial charge is 0.370 e. The van der Waals surface area contributed by atoms with Gasteiger partial charge in [0.2, 0.25) is 0 Å². The van der Waals surface area contributed by atoms with Crippen molar-refractivity contribution in [3.63, 3.8) is 0 Å². The number of anilines is 2. The van der Waals surface area contributed by atoms with Crippen molar-refractivity contribution < 1.29 is 4.39 Å². The normalized spacial score (nSPS) is 22.4. The molecule has 0 bridgehead atoms. The predicted octanol–water partition coefficient (Wildman–Crippen LogP) is 5.74. The predicted molar refractivity (Wildman–Crippen MR) is 139 cm³/mol. The van der Waals surface area contributed by atoms with Gasteiger partial charge in [0, 0.05) is 43.1 Å². The molecule has 1 aliphatic carbocycles. The first-order chi connectivity index (χ1) is 17.2. The Morgan fingerprint density at radius 1 is 0.886 bits per heavy atom. The number of halogens is 1. The van der Waals surface area contributed by atoms with Gasteiger partial charge in [0.25, 0.3) is 0 Å². The van der Waals surface area contributed by atoms with Crippen molar-refractivity contribution in [3.8, 4) is 17.2 Å². The first-order valence-corrected chi connectivity index (χ1v) is 12.7. The second-order valence-corrected chi connectivity index (χ2v) is 9.69. The fraction of sp³-hybridized carbons (Fsp3) is 0.379. The topological polar surface area (TPSA) is 64.0 Å². The van der Waals surface area contributed by atoms with Gasteiger partial charge >= 0.3 is 0 Å². The van der Waals surface area contributed by atoms with E-state index in [0.29, 0.717) is 23.7 Å². The number of rotatable bonds is 6. The molecular weight excluding hydrogens is 437 g/mol. The van der Waals surface area contributed by atoms with Gasteiger partial charge in [-0.05, 0) is 85.3 Å². The summed E-state index contributed by atoms with van der Waals surface area (Å²) in [6.07, 6.45) is 8.89. The van der Waals surface area contributed by atoms with E-state index < -0.39 is 0 Å². The lowest BCUT2D eigenvalue weighted by Gasteiger charge is -2.40. The van der Waals surface area contributed by atoms with Crippen LogP contribution in [0, 0.1) is 17.1 Å². The SMILES string of the molecule is N#Cc1ccc(N2CCC[C@H](N[C@@H]3CCCC[C@H]3Nc3cc(-c4ccc(F)cc4)ccn3)C2)cc1. The van der Waals surface area contributed by atoms with Gasteiger partial charge < -0.3 is 15.5 Å². The van der Waals surface area contributed by atoms with Crippen molar-refractivity contribution >= 4 is 11.5 Å². The second kappa shape index (κ2) is 10.9. The Hall–Kier alpha value is -3.43. The maximum atomic E-state index is 13.3. The minimum absolute atomic E-state index is 0.224. The Bertz CT molecular complexity index is 1150. The lowest BCUT2D eigenvalue weighted by Crippen LogP contribution is -2.54. The highest BCUT2D eigenvalue weighted by molar-refractivity contribution is 5.66. The summed E-state index contributed by atoms with van der Waals surface area (Å²) in [5.41, 5.74) is 3.91. The molecule has 5 nitrogen and oxygen atoms in total. The average Bonchev–Trinajstić information content (AvgIpc) is 2.91. The number of benzene rings is 2. The first kappa shape index (κ1) is 23.3. The van der Waals surface area contributed by atoms with Crippen molar-refractivity contribution in [2.24, 2.45) is 0 Å². The van der Waals surface area contributed by atoms with E-state index >= 15 is 0 Å². The molecule has 0 amide bonds. The lowest BCUT2D eigenvalue weighted by molar-refractivity contribution is 0.293. The van der Waals surface area contributed by atoms with Crippen molar-refractivity contribution in [2.75, 3.05) is 23.3 Å². The highest BCUT2D eigenvalue weighted by Crippen LogP contribution is 2.27. The Morgan fingerprint density at radius 2 is 1.66 bits per heavy atom. The number of aromatic nitrogens is 1. The van der Waals surface area contributed by atoms with Gasteiger partial charge in [-0.3, -0.25) is 0 Å². The zero-order chi connectivity index (χ0) is 24.0. The monoisotopic (exact) mass is 469 g/mol. The third kappa shape index (κ3) is 5.80. The molecule has 5 rings (SSSR count). The fourth-order valence-electron chi connectivity index (χ4n) is 5.42. The van der Waals surface area contributed by atoms with Gasteiger partial charge in [-0.25, -0.2) is 9.37 Å². The van der Waals surface area contributed by atoms with Crippen LogP contribution in [0.15, 0.2) is 66.9 Å². The smallest absolute Gasteiger partial charge is 0.126 e. The number of nitrogens with zero attached hydrogens (tertiary/aromatic N) is 3. The molecule has 1 aromatic heterocycles. The van der Waals surface area contributed by atoms with Gasteiger partial charge in [-0.2, -0.15) is 5.26 Å². The molecule has 0 unspecified atom stereocenters. The molecule has 180 valence electrons. The molecule has 2 fully saturated rings. The van der Waals surface area contributed by atoms with Gasteiger partial charge in [0.1, 0.15) is 11.6 Å². The maximum Gasteiger partial charge on any atom is 0.126 e. The number of nitriles is 1. The van der Waals surface area contributed by atoms with Gasteiger partial charge in [-0.1, -0.05) is 25.0 Å². The maximum absolute atomic E-state index is 13.3. The summed E-state index contributed by atoms with van der Waals surface area (Å²) in [4.78, 5) is 7.01. The summed E-state index contributed by atoms with van der Waals surface area (Å²) in [7, 11) is 0. The Balaban J connectivity index is 1.24. The Morgan fingerprint density at radius 3 is 2.43 bits per heavy atom. The van der Waals surface area contributed by atoms with E-state index in [1.165, 1.54) is 37.1 Å². The summed E-state index contributed by atoms with van der Waals surface area (Å²) < 4.78 is 13.3. The Kier molecular flexibility index (Phi) is 7.25. The highest BCUT2D eigenvalue weighted by atomic mass is 19.1. The standard InChI is InChI=1S/C29H32FN5/c30-24-11-9-22(10-12-24)23-15-16-32-29(18-23)34-28-6-2-1-5-27(28)33-25-4-3-17-35(20-25)26-13-7-21(19-31)8-14-26/h7-16,18,25,27-28,33H,1-6,17,20H2,(H,32,34)/t25-,27+,28+/m0/s1. The average molecular weight is 470 g/mol. The molecule has 35 heavy (non-hydrogen) atoms. The van der Waals surface area contributed by atoms with Crippen LogP contribution in [-0.4, -0.2) is 36.2 Å². The summed E-state index contributed by atoms with van der Waals surface area (Å²) >= 11 is 0. The van der Waals surface area contributed by atoms with Gasteiger partial charge in [0.05, 0.1) is 11.6 Å². The van der Waals surface area contributed by atoms with Crippen LogP contribution in [0.4, 0.5) is 15.9 Å². The second-order valence-electron chi connectivity index (χ2n) is 9.69. The van der Waals surface area contributed by atoms with E-state index in [0.717, 1.165) is 49.3 Å². The summed E-state index contributed by atoms with van der Waals surface area (Å²) in [6, 6.07) is 21.9. The molecule has 1 saturated heterocycles. The molecule has 1 saturated carbocycles. The zero-order valence-electron chi connectivity index (χ0n) is 20.0. The summed E-state index contributed by atoms with van der Waals surface area (Å²) in [5.74, 6) is 0.645. The molecular formula is C29H32FN5. The van der Waals surface area contributed by atoms with Crippen LogP contribution < -0.4 is 15.5 Å². The van der Waals surface area contributed by atoms with E-state index in [1.807, 2.05) is 36.5 Å². The number of pyridine rings is 1. The fourth-order valence-corrected chi connectivity index (χ4v) is 5.42. The molecule has 2 aliphatic rings. The van der Waals surface area contributed by atoms with Gasteiger partial charge in [0.15, 0.2) is 0 Å². The molecule has 3 aromatic rings. The van der Waals surface area contributed by atoms with E-state index in [1.54, 1.807) is 0 Å².